The molecule has 0 aliphatic carbocycles. The highest BCUT2D eigenvalue weighted by Gasteiger charge is 2.06. The minimum absolute atomic E-state index is 0.0512. The van der Waals surface area contributed by atoms with Crippen LogP contribution in [0.4, 0.5) is 5.69 Å². The molecule has 0 saturated heterocycles. The van der Waals surface area contributed by atoms with Gasteiger partial charge in [-0.1, -0.05) is 27.5 Å². The monoisotopic (exact) mass is 426 g/mol. The zero-order valence-electron chi connectivity index (χ0n) is 12.7. The van der Waals surface area contributed by atoms with Crippen LogP contribution in [-0.4, -0.2) is 24.1 Å². The van der Waals surface area contributed by atoms with Gasteiger partial charge in [0, 0.05) is 32.3 Å². The van der Waals surface area contributed by atoms with Gasteiger partial charge in [0.05, 0.1) is 6.54 Å². The quantitative estimate of drug-likeness (QED) is 0.646. The second-order valence-corrected chi connectivity index (χ2v) is 7.40. The second-order valence-electron chi connectivity index (χ2n) is 4.88. The first-order valence-electron chi connectivity index (χ1n) is 7.23. The first-order chi connectivity index (χ1) is 11.5. The van der Waals surface area contributed by atoms with E-state index in [0.717, 1.165) is 9.37 Å². The maximum absolute atomic E-state index is 11.8. The molecule has 2 amide bonds. The summed E-state index contributed by atoms with van der Waals surface area (Å²) < 4.78 is 1.02. The van der Waals surface area contributed by atoms with Crippen LogP contribution in [0.1, 0.15) is 6.42 Å². The Morgan fingerprint density at radius 1 is 1.00 bits per heavy atom. The minimum Gasteiger partial charge on any atom is -0.347 e. The smallest absolute Gasteiger partial charge is 0.243 e. The Morgan fingerprint density at radius 2 is 1.67 bits per heavy atom. The molecule has 0 atom stereocenters. The lowest BCUT2D eigenvalue weighted by atomic mass is 10.3. The van der Waals surface area contributed by atoms with Crippen molar-refractivity contribution < 1.29 is 9.59 Å². The van der Waals surface area contributed by atoms with Gasteiger partial charge < -0.3 is 10.6 Å². The van der Waals surface area contributed by atoms with E-state index in [1.807, 2.05) is 24.3 Å². The van der Waals surface area contributed by atoms with Crippen molar-refractivity contribution in [3.8, 4) is 0 Å². The lowest BCUT2D eigenvalue weighted by Crippen LogP contribution is -2.32. The molecular formula is C17H16BrClN2O2S. The van der Waals surface area contributed by atoms with Gasteiger partial charge in [0.2, 0.25) is 11.8 Å². The van der Waals surface area contributed by atoms with Gasteiger partial charge in [-0.2, -0.15) is 0 Å². The van der Waals surface area contributed by atoms with Crippen molar-refractivity contribution in [1.82, 2.24) is 5.32 Å². The van der Waals surface area contributed by atoms with Gasteiger partial charge in [0.25, 0.3) is 0 Å². The molecule has 0 bridgehead atoms. The SMILES string of the molecule is O=C(CCSc1ccc(Br)cc1)NCC(=O)Nc1ccc(Cl)cc1. The van der Waals surface area contributed by atoms with E-state index in [-0.39, 0.29) is 18.4 Å². The molecule has 0 aliphatic heterocycles. The maximum atomic E-state index is 11.8. The third-order valence-corrected chi connectivity index (χ3v) is 4.78. The van der Waals surface area contributed by atoms with Crippen LogP contribution >= 0.6 is 39.3 Å². The van der Waals surface area contributed by atoms with Gasteiger partial charge in [0.15, 0.2) is 0 Å². The number of amides is 2. The van der Waals surface area contributed by atoms with Crippen LogP contribution in [0.3, 0.4) is 0 Å². The molecular weight excluding hydrogens is 412 g/mol. The van der Waals surface area contributed by atoms with E-state index in [1.165, 1.54) is 0 Å². The van der Waals surface area contributed by atoms with Crippen LogP contribution < -0.4 is 10.6 Å². The van der Waals surface area contributed by atoms with Crippen molar-refractivity contribution in [2.45, 2.75) is 11.3 Å². The molecule has 2 aromatic rings. The average molecular weight is 428 g/mol. The largest absolute Gasteiger partial charge is 0.347 e. The highest BCUT2D eigenvalue weighted by atomic mass is 79.9. The van der Waals surface area contributed by atoms with Crippen molar-refractivity contribution >= 4 is 56.8 Å². The van der Waals surface area contributed by atoms with Crippen molar-refractivity contribution in [2.75, 3.05) is 17.6 Å². The van der Waals surface area contributed by atoms with Crippen LogP contribution in [0.25, 0.3) is 0 Å². The number of rotatable bonds is 7. The Hall–Kier alpha value is -1.50. The molecule has 0 fully saturated rings. The molecule has 2 N–H and O–H groups in total. The predicted molar refractivity (Wildman–Crippen MR) is 103 cm³/mol. The highest BCUT2D eigenvalue weighted by Crippen LogP contribution is 2.21. The first-order valence-corrected chi connectivity index (χ1v) is 9.39. The number of benzene rings is 2. The standard InChI is InChI=1S/C17H16BrClN2O2S/c18-12-1-7-15(8-2-12)24-10-9-16(22)20-11-17(23)21-14-5-3-13(19)4-6-14/h1-8H,9-11H2,(H,20,22)(H,21,23). The van der Waals surface area contributed by atoms with E-state index in [9.17, 15) is 9.59 Å². The Bertz CT molecular complexity index is 693. The number of carbonyl (C=O) groups is 2. The molecule has 0 radical (unpaired) electrons. The van der Waals surface area contributed by atoms with E-state index in [1.54, 1.807) is 36.0 Å². The molecule has 0 spiro atoms. The van der Waals surface area contributed by atoms with E-state index in [4.69, 9.17) is 11.6 Å². The molecule has 0 aliphatic rings. The van der Waals surface area contributed by atoms with Crippen molar-refractivity contribution in [3.63, 3.8) is 0 Å². The molecule has 0 heterocycles. The van der Waals surface area contributed by atoms with Crippen LogP contribution in [0.15, 0.2) is 57.9 Å². The molecule has 0 aromatic heterocycles. The number of anilines is 1. The summed E-state index contributed by atoms with van der Waals surface area (Å²) in [5, 5.41) is 5.90. The van der Waals surface area contributed by atoms with Crippen molar-refractivity contribution in [3.05, 3.63) is 58.0 Å². The van der Waals surface area contributed by atoms with Crippen LogP contribution in [0.2, 0.25) is 5.02 Å². The van der Waals surface area contributed by atoms with Crippen LogP contribution in [0.5, 0.6) is 0 Å². The molecule has 24 heavy (non-hydrogen) atoms. The molecule has 2 aromatic carbocycles. The molecule has 2 rings (SSSR count). The number of thioether (sulfide) groups is 1. The van der Waals surface area contributed by atoms with Crippen molar-refractivity contribution in [2.24, 2.45) is 0 Å². The molecule has 0 saturated carbocycles. The minimum atomic E-state index is -0.272. The lowest BCUT2D eigenvalue weighted by molar-refractivity contribution is -0.123. The third-order valence-electron chi connectivity index (χ3n) is 2.99. The fraction of sp³-hybridized carbons (Fsp3) is 0.176. The fourth-order valence-corrected chi connectivity index (χ4v) is 3.04. The zero-order chi connectivity index (χ0) is 17.4. The molecule has 0 unspecified atom stereocenters. The number of halogens is 2. The van der Waals surface area contributed by atoms with Gasteiger partial charge >= 0.3 is 0 Å². The maximum Gasteiger partial charge on any atom is 0.243 e. The Morgan fingerprint density at radius 3 is 2.33 bits per heavy atom. The number of nitrogens with one attached hydrogen (secondary N) is 2. The number of hydrogen-bond donors (Lipinski definition) is 2. The van der Waals surface area contributed by atoms with E-state index >= 15 is 0 Å². The fourth-order valence-electron chi connectivity index (χ4n) is 1.80. The van der Waals surface area contributed by atoms with Crippen LogP contribution in [0, 0.1) is 0 Å². The summed E-state index contributed by atoms with van der Waals surface area (Å²) in [4.78, 5) is 24.6. The molecule has 4 nitrogen and oxygen atoms in total. The normalized spacial score (nSPS) is 10.2. The van der Waals surface area contributed by atoms with E-state index in [2.05, 4.69) is 26.6 Å². The number of hydrogen-bond acceptors (Lipinski definition) is 3. The first kappa shape index (κ1) is 18.8. The van der Waals surface area contributed by atoms with Gasteiger partial charge in [0.1, 0.15) is 0 Å². The Kier molecular flexibility index (Phi) is 7.62. The molecule has 7 heteroatoms. The van der Waals surface area contributed by atoms with Gasteiger partial charge in [-0.05, 0) is 48.5 Å². The molecule has 126 valence electrons. The second kappa shape index (κ2) is 9.71. The lowest BCUT2D eigenvalue weighted by Gasteiger charge is -2.07. The van der Waals surface area contributed by atoms with Crippen molar-refractivity contribution in [1.29, 1.82) is 0 Å². The summed E-state index contributed by atoms with van der Waals surface area (Å²) in [7, 11) is 0. The summed E-state index contributed by atoms with van der Waals surface area (Å²) in [6, 6.07) is 14.7. The Balaban J connectivity index is 1.64. The highest BCUT2D eigenvalue weighted by molar-refractivity contribution is 9.10. The van der Waals surface area contributed by atoms with E-state index in [0.29, 0.717) is 22.9 Å². The van der Waals surface area contributed by atoms with Gasteiger partial charge in [-0.3, -0.25) is 9.59 Å². The summed E-state index contributed by atoms with van der Waals surface area (Å²) >= 11 is 10.8. The topological polar surface area (TPSA) is 58.2 Å². The zero-order valence-corrected chi connectivity index (χ0v) is 15.9. The average Bonchev–Trinajstić information content (AvgIpc) is 2.57. The number of carbonyl (C=O) groups excluding carboxylic acids is 2. The Labute approximate surface area is 158 Å². The predicted octanol–water partition coefficient (Wildman–Crippen LogP) is 4.34. The summed E-state index contributed by atoms with van der Waals surface area (Å²) in [6.07, 6.45) is 0.356. The van der Waals surface area contributed by atoms with Gasteiger partial charge in [-0.15, -0.1) is 11.8 Å². The summed E-state index contributed by atoms with van der Waals surface area (Å²) in [5.41, 5.74) is 0.643. The van der Waals surface area contributed by atoms with Crippen LogP contribution in [-0.2, 0) is 9.59 Å². The third kappa shape index (κ3) is 6.95. The summed E-state index contributed by atoms with van der Waals surface area (Å²) in [5.74, 6) is 0.240. The summed E-state index contributed by atoms with van der Waals surface area (Å²) in [6.45, 7) is -0.0512. The van der Waals surface area contributed by atoms with Gasteiger partial charge in [-0.25, -0.2) is 0 Å². The van der Waals surface area contributed by atoms with E-state index < -0.39 is 0 Å².